The Morgan fingerprint density at radius 1 is 1.08 bits per heavy atom. The predicted octanol–water partition coefficient (Wildman–Crippen LogP) is 6.30. The molecule has 0 aliphatic carbocycles. The van der Waals surface area contributed by atoms with Gasteiger partial charge >= 0.3 is 12.1 Å². The number of oxazole rings is 1. The number of hydrogen-bond donors (Lipinski definition) is 1. The number of halogens is 3. The summed E-state index contributed by atoms with van der Waals surface area (Å²) in [5.41, 5.74) is 3.45. The van der Waals surface area contributed by atoms with Gasteiger partial charge in [-0.2, -0.15) is 13.2 Å². The number of aliphatic carboxylic acids is 1. The van der Waals surface area contributed by atoms with Gasteiger partial charge < -0.3 is 14.3 Å². The van der Waals surface area contributed by atoms with Crippen molar-refractivity contribution in [1.82, 2.24) is 9.88 Å². The van der Waals surface area contributed by atoms with Crippen LogP contribution in [0.5, 0.6) is 5.75 Å². The molecule has 6 nitrogen and oxygen atoms in total. The van der Waals surface area contributed by atoms with Crippen LogP contribution in [0.15, 0.2) is 77.2 Å². The molecule has 0 bridgehead atoms. The van der Waals surface area contributed by atoms with Crippen molar-refractivity contribution in [2.45, 2.75) is 45.1 Å². The zero-order valence-electron chi connectivity index (χ0n) is 21.2. The summed E-state index contributed by atoms with van der Waals surface area (Å²) < 4.78 is 50.6. The van der Waals surface area contributed by atoms with Crippen LogP contribution in [0.1, 0.15) is 33.7 Å². The maximum atomic E-state index is 12.9. The normalized spacial score (nSPS) is 15.6. The van der Waals surface area contributed by atoms with E-state index >= 15 is 0 Å². The van der Waals surface area contributed by atoms with Crippen molar-refractivity contribution in [2.24, 2.45) is 0 Å². The lowest BCUT2D eigenvalue weighted by atomic mass is 9.93. The summed E-state index contributed by atoms with van der Waals surface area (Å²) in [7, 11) is 0. The molecule has 9 heteroatoms. The van der Waals surface area contributed by atoms with Crippen LogP contribution in [0.2, 0.25) is 0 Å². The Labute approximate surface area is 223 Å². The van der Waals surface area contributed by atoms with Gasteiger partial charge in [-0.3, -0.25) is 9.69 Å². The highest BCUT2D eigenvalue weighted by atomic mass is 19.4. The van der Waals surface area contributed by atoms with Gasteiger partial charge in [0.2, 0.25) is 5.89 Å². The van der Waals surface area contributed by atoms with Gasteiger partial charge in [0, 0.05) is 25.1 Å². The van der Waals surface area contributed by atoms with Crippen molar-refractivity contribution in [1.29, 1.82) is 0 Å². The van der Waals surface area contributed by atoms with Crippen LogP contribution in [0, 0.1) is 6.92 Å². The lowest BCUT2D eigenvalue weighted by molar-refractivity contribution is -0.144. The number of ether oxygens (including phenoxy) is 1. The van der Waals surface area contributed by atoms with Crippen LogP contribution >= 0.6 is 0 Å². The molecule has 1 N–H and O–H groups in total. The SMILES string of the molecule is Cc1oc(-c2ccccc2)nc1CCOc1ccc2c(c1)CN(Cc1ccc(C(F)(F)F)cc1)[C@H](C(=O)O)C2. The first-order valence-corrected chi connectivity index (χ1v) is 12.6. The van der Waals surface area contributed by atoms with Gasteiger partial charge in [-0.25, -0.2) is 4.98 Å². The van der Waals surface area contributed by atoms with Crippen molar-refractivity contribution >= 4 is 5.97 Å². The first kappa shape index (κ1) is 26.5. The number of rotatable bonds is 8. The molecule has 0 saturated heterocycles. The number of benzene rings is 3. The Balaban J connectivity index is 1.25. The fraction of sp³-hybridized carbons (Fsp3) is 0.267. The van der Waals surface area contributed by atoms with Crippen molar-refractivity contribution in [3.05, 3.63) is 107 Å². The number of carbonyl (C=O) groups is 1. The average Bonchev–Trinajstić information content (AvgIpc) is 3.28. The second-order valence-electron chi connectivity index (χ2n) is 9.57. The summed E-state index contributed by atoms with van der Waals surface area (Å²) >= 11 is 0. The fourth-order valence-corrected chi connectivity index (χ4v) is 4.78. The molecule has 1 aliphatic rings. The molecule has 0 amide bonds. The zero-order chi connectivity index (χ0) is 27.6. The van der Waals surface area contributed by atoms with Crippen LogP contribution in [-0.2, 0) is 36.9 Å². The number of fused-ring (bicyclic) bond motifs is 1. The smallest absolute Gasteiger partial charge is 0.416 e. The molecule has 0 saturated carbocycles. The highest BCUT2D eigenvalue weighted by Crippen LogP contribution is 2.31. The molecule has 2 heterocycles. The highest BCUT2D eigenvalue weighted by Gasteiger charge is 2.33. The Morgan fingerprint density at radius 2 is 1.82 bits per heavy atom. The molecule has 202 valence electrons. The number of nitrogens with zero attached hydrogens (tertiary/aromatic N) is 2. The largest absolute Gasteiger partial charge is 0.493 e. The van der Waals surface area contributed by atoms with E-state index < -0.39 is 23.8 Å². The van der Waals surface area contributed by atoms with Crippen LogP contribution in [0.4, 0.5) is 13.2 Å². The topological polar surface area (TPSA) is 75.8 Å². The van der Waals surface area contributed by atoms with Gasteiger partial charge in [0.25, 0.3) is 0 Å². The number of aromatic nitrogens is 1. The fourth-order valence-electron chi connectivity index (χ4n) is 4.78. The van der Waals surface area contributed by atoms with Gasteiger partial charge in [-0.05, 0) is 66.4 Å². The van der Waals surface area contributed by atoms with Gasteiger partial charge in [0.05, 0.1) is 17.9 Å². The molecule has 1 atom stereocenters. The number of carboxylic acid groups (broad SMARTS) is 1. The summed E-state index contributed by atoms with van der Waals surface area (Å²) in [5.74, 6) is 0.992. The minimum absolute atomic E-state index is 0.217. The highest BCUT2D eigenvalue weighted by molar-refractivity contribution is 5.74. The lowest BCUT2D eigenvalue weighted by Gasteiger charge is -2.34. The van der Waals surface area contributed by atoms with E-state index in [1.807, 2.05) is 55.5 Å². The first-order valence-electron chi connectivity index (χ1n) is 12.6. The Bertz CT molecular complexity index is 1450. The molecule has 0 fully saturated rings. The van der Waals surface area contributed by atoms with Crippen LogP contribution < -0.4 is 4.74 Å². The van der Waals surface area contributed by atoms with E-state index in [9.17, 15) is 23.1 Å². The van der Waals surface area contributed by atoms with E-state index in [4.69, 9.17) is 9.15 Å². The molecule has 1 aromatic heterocycles. The summed E-state index contributed by atoms with van der Waals surface area (Å²) in [4.78, 5) is 18.4. The molecule has 0 spiro atoms. The van der Waals surface area contributed by atoms with E-state index in [-0.39, 0.29) is 6.54 Å². The summed E-state index contributed by atoms with van der Waals surface area (Å²) in [6.45, 7) is 2.81. The summed E-state index contributed by atoms with van der Waals surface area (Å²) in [6, 6.07) is 19.3. The number of aryl methyl sites for hydroxylation is 1. The average molecular weight is 537 g/mol. The Hall–Kier alpha value is -4.11. The van der Waals surface area contributed by atoms with Gasteiger partial charge in [-0.15, -0.1) is 0 Å². The zero-order valence-corrected chi connectivity index (χ0v) is 21.2. The first-order chi connectivity index (χ1) is 18.7. The number of hydrogen-bond acceptors (Lipinski definition) is 5. The van der Waals surface area contributed by atoms with Gasteiger partial charge in [0.1, 0.15) is 17.6 Å². The van der Waals surface area contributed by atoms with Crippen molar-refractivity contribution in [2.75, 3.05) is 6.61 Å². The second-order valence-corrected chi connectivity index (χ2v) is 9.57. The molecule has 3 aromatic carbocycles. The monoisotopic (exact) mass is 536 g/mol. The third kappa shape index (κ3) is 6.15. The van der Waals surface area contributed by atoms with Crippen molar-refractivity contribution in [3.63, 3.8) is 0 Å². The Morgan fingerprint density at radius 3 is 2.51 bits per heavy atom. The molecule has 1 aliphatic heterocycles. The van der Waals surface area contributed by atoms with E-state index in [1.54, 1.807) is 4.90 Å². The molecular formula is C30H27F3N2O4. The molecular weight excluding hydrogens is 509 g/mol. The van der Waals surface area contributed by atoms with Crippen LogP contribution in [0.3, 0.4) is 0 Å². The van der Waals surface area contributed by atoms with Gasteiger partial charge in [0.15, 0.2) is 0 Å². The quantitative estimate of drug-likeness (QED) is 0.285. The van der Waals surface area contributed by atoms with E-state index in [0.717, 1.165) is 40.3 Å². The minimum Gasteiger partial charge on any atom is -0.493 e. The summed E-state index contributed by atoms with van der Waals surface area (Å²) in [6.07, 6.45) is -3.56. The van der Waals surface area contributed by atoms with Crippen molar-refractivity contribution < 1.29 is 32.2 Å². The minimum atomic E-state index is -4.42. The maximum Gasteiger partial charge on any atom is 0.416 e. The second kappa shape index (κ2) is 10.9. The number of carboxylic acids is 1. The molecule has 39 heavy (non-hydrogen) atoms. The van der Waals surface area contributed by atoms with E-state index in [2.05, 4.69) is 4.98 Å². The van der Waals surface area contributed by atoms with Crippen LogP contribution in [0.25, 0.3) is 11.5 Å². The molecule has 4 aromatic rings. The van der Waals surface area contributed by atoms with Gasteiger partial charge in [-0.1, -0.05) is 36.4 Å². The van der Waals surface area contributed by atoms with E-state index in [1.165, 1.54) is 12.1 Å². The standard InChI is InChI=1S/C30H27F3N2O4/c1-19-26(34-28(39-19)21-5-3-2-4-6-21)13-14-38-25-12-9-22-16-27(29(36)37)35(18-23(22)15-25)17-20-7-10-24(11-8-20)30(31,32)33/h2-12,15,27H,13-14,16-18H2,1H3,(H,36,37)/t27-/m0/s1. The molecule has 0 radical (unpaired) electrons. The third-order valence-corrected chi connectivity index (χ3v) is 6.88. The lowest BCUT2D eigenvalue weighted by Crippen LogP contribution is -2.45. The predicted molar refractivity (Wildman–Crippen MR) is 138 cm³/mol. The van der Waals surface area contributed by atoms with Crippen molar-refractivity contribution in [3.8, 4) is 17.2 Å². The maximum absolute atomic E-state index is 12.9. The summed E-state index contributed by atoms with van der Waals surface area (Å²) in [5, 5.41) is 9.81. The number of alkyl halides is 3. The Kier molecular flexibility index (Phi) is 7.43. The molecule has 5 rings (SSSR count). The van der Waals surface area contributed by atoms with E-state index in [0.29, 0.717) is 43.2 Å². The molecule has 0 unspecified atom stereocenters. The van der Waals surface area contributed by atoms with Crippen LogP contribution in [-0.4, -0.2) is 33.6 Å². The third-order valence-electron chi connectivity index (χ3n) is 6.88.